The van der Waals surface area contributed by atoms with Crippen LogP contribution >= 0.6 is 0 Å². The van der Waals surface area contributed by atoms with Gasteiger partial charge < -0.3 is 5.32 Å². The molecule has 1 aliphatic carbocycles. The van der Waals surface area contributed by atoms with Crippen molar-refractivity contribution >= 4 is 21.3 Å². The van der Waals surface area contributed by atoms with Crippen LogP contribution in [0.3, 0.4) is 0 Å². The van der Waals surface area contributed by atoms with Gasteiger partial charge >= 0.3 is 0 Å². The number of nitrogens with zero attached hydrogens (tertiary/aromatic N) is 2. The maximum absolute atomic E-state index is 12.9. The van der Waals surface area contributed by atoms with E-state index < -0.39 is 9.84 Å². The van der Waals surface area contributed by atoms with Gasteiger partial charge in [-0.1, -0.05) is 24.3 Å². The molecule has 1 amide bonds. The molecule has 0 spiro atoms. The third-order valence-corrected chi connectivity index (χ3v) is 6.23. The monoisotopic (exact) mass is 397 g/mol. The molecule has 28 heavy (non-hydrogen) atoms. The number of aromatic nitrogens is 2. The number of fused-ring (bicyclic) bond motifs is 2. The Morgan fingerprint density at radius 1 is 1.14 bits per heavy atom. The quantitative estimate of drug-likeness (QED) is 0.734. The Bertz CT molecular complexity index is 1160. The van der Waals surface area contributed by atoms with E-state index in [4.69, 9.17) is 0 Å². The van der Waals surface area contributed by atoms with Gasteiger partial charge in [-0.3, -0.25) is 9.20 Å². The predicted molar refractivity (Wildman–Crippen MR) is 107 cm³/mol. The maximum atomic E-state index is 12.9. The molecule has 3 aromatic rings. The third-order valence-electron chi connectivity index (χ3n) is 5.28. The lowest BCUT2D eigenvalue weighted by Gasteiger charge is -2.19. The average molecular weight is 398 g/mol. The van der Waals surface area contributed by atoms with E-state index in [-0.39, 0.29) is 22.8 Å². The summed E-state index contributed by atoms with van der Waals surface area (Å²) >= 11 is 0. The van der Waals surface area contributed by atoms with Crippen LogP contribution in [-0.4, -0.2) is 30.0 Å². The van der Waals surface area contributed by atoms with Gasteiger partial charge in [0.2, 0.25) is 15.0 Å². The molecule has 0 saturated heterocycles. The zero-order valence-electron chi connectivity index (χ0n) is 16.0. The van der Waals surface area contributed by atoms with Crippen LogP contribution in [0.4, 0.5) is 0 Å². The molecule has 146 valence electrons. The van der Waals surface area contributed by atoms with E-state index in [0.717, 1.165) is 24.7 Å². The van der Waals surface area contributed by atoms with Crippen molar-refractivity contribution in [2.45, 2.75) is 43.8 Å². The summed E-state index contributed by atoms with van der Waals surface area (Å²) in [6.07, 6.45) is 7.31. The van der Waals surface area contributed by atoms with Gasteiger partial charge in [-0.25, -0.2) is 13.4 Å². The third kappa shape index (κ3) is 3.42. The minimum atomic E-state index is -3.56. The molecule has 0 radical (unpaired) electrons. The number of amides is 1. The number of pyridine rings is 1. The van der Waals surface area contributed by atoms with E-state index >= 15 is 0 Å². The van der Waals surface area contributed by atoms with Crippen molar-refractivity contribution in [1.29, 1.82) is 0 Å². The van der Waals surface area contributed by atoms with Crippen molar-refractivity contribution in [3.05, 3.63) is 65.0 Å². The van der Waals surface area contributed by atoms with E-state index in [0.29, 0.717) is 5.52 Å². The van der Waals surface area contributed by atoms with Crippen LogP contribution in [-0.2, 0) is 22.7 Å². The molecule has 4 rings (SSSR count). The van der Waals surface area contributed by atoms with E-state index in [2.05, 4.69) is 28.5 Å². The summed E-state index contributed by atoms with van der Waals surface area (Å²) in [5, 5.41) is 2.84. The molecule has 2 aromatic heterocycles. The van der Waals surface area contributed by atoms with Gasteiger partial charge in [0.15, 0.2) is 5.69 Å². The Labute approximate surface area is 164 Å². The normalized spacial score (nSPS) is 15.2. The Kier molecular flexibility index (Phi) is 4.71. The molecule has 7 heteroatoms. The Morgan fingerprint density at radius 3 is 2.64 bits per heavy atom. The first-order valence-electron chi connectivity index (χ1n) is 9.44. The highest BCUT2D eigenvalue weighted by Gasteiger charge is 2.24. The summed E-state index contributed by atoms with van der Waals surface area (Å²) < 4.78 is 25.5. The van der Waals surface area contributed by atoms with E-state index in [1.807, 2.05) is 6.92 Å². The zero-order valence-corrected chi connectivity index (χ0v) is 16.8. The molecule has 1 aromatic carbocycles. The first kappa shape index (κ1) is 18.7. The van der Waals surface area contributed by atoms with Crippen LogP contribution in [0.5, 0.6) is 0 Å². The minimum absolute atomic E-state index is 0.117. The van der Waals surface area contributed by atoms with Gasteiger partial charge in [0.05, 0.1) is 11.6 Å². The summed E-state index contributed by atoms with van der Waals surface area (Å²) in [7, 11) is -3.56. The summed E-state index contributed by atoms with van der Waals surface area (Å²) in [5.41, 5.74) is 4.38. The molecule has 6 nitrogen and oxygen atoms in total. The van der Waals surface area contributed by atoms with Crippen molar-refractivity contribution in [2.24, 2.45) is 0 Å². The fourth-order valence-corrected chi connectivity index (χ4v) is 4.58. The topological polar surface area (TPSA) is 80.5 Å². The molecular weight excluding hydrogens is 374 g/mol. The molecule has 1 N–H and O–H groups in total. The van der Waals surface area contributed by atoms with Crippen molar-refractivity contribution in [1.82, 2.24) is 14.7 Å². The van der Waals surface area contributed by atoms with Crippen LogP contribution < -0.4 is 5.32 Å². The lowest BCUT2D eigenvalue weighted by atomic mass is 9.89. The van der Waals surface area contributed by atoms with Crippen molar-refractivity contribution < 1.29 is 13.2 Å². The standard InChI is InChI=1S/C21H23N3O3S/c1-14(16-11-10-15-7-3-4-8-17(15)13-16)22-20(25)19-18-9-5-6-12-24(18)21(23-19)28(2,26)27/h5-6,9-14H,3-4,7-8H2,1-2H3,(H,22,25)/t14-/m1/s1. The highest BCUT2D eigenvalue weighted by Crippen LogP contribution is 2.25. The van der Waals surface area contributed by atoms with Gasteiger partial charge in [-0.2, -0.15) is 0 Å². The van der Waals surface area contributed by atoms with E-state index in [9.17, 15) is 13.2 Å². The average Bonchev–Trinajstić information content (AvgIpc) is 3.08. The molecular formula is C21H23N3O3S. The van der Waals surface area contributed by atoms with Crippen molar-refractivity contribution in [3.8, 4) is 0 Å². The van der Waals surface area contributed by atoms with Gasteiger partial charge in [0.25, 0.3) is 5.91 Å². The van der Waals surface area contributed by atoms with Crippen LogP contribution in [0.25, 0.3) is 5.52 Å². The molecule has 1 atom stereocenters. The minimum Gasteiger partial charge on any atom is -0.344 e. The lowest BCUT2D eigenvalue weighted by Crippen LogP contribution is -2.27. The van der Waals surface area contributed by atoms with Crippen molar-refractivity contribution in [2.75, 3.05) is 6.26 Å². The summed E-state index contributed by atoms with van der Waals surface area (Å²) in [6, 6.07) is 11.3. The second-order valence-corrected chi connectivity index (χ2v) is 9.31. The van der Waals surface area contributed by atoms with E-state index in [1.54, 1.807) is 24.4 Å². The fourth-order valence-electron chi connectivity index (χ4n) is 3.81. The Morgan fingerprint density at radius 2 is 1.89 bits per heavy atom. The number of aryl methyl sites for hydroxylation is 2. The second kappa shape index (κ2) is 7.05. The number of sulfone groups is 1. The number of hydrogen-bond acceptors (Lipinski definition) is 4. The smallest absolute Gasteiger partial charge is 0.272 e. The van der Waals surface area contributed by atoms with Gasteiger partial charge in [0.1, 0.15) is 0 Å². The first-order valence-corrected chi connectivity index (χ1v) is 11.3. The number of nitrogens with one attached hydrogen (secondary N) is 1. The summed E-state index contributed by atoms with van der Waals surface area (Å²) in [5.74, 6) is -0.385. The largest absolute Gasteiger partial charge is 0.344 e. The molecule has 0 aliphatic heterocycles. The SMILES string of the molecule is C[C@@H](NC(=O)c1nc(S(C)(=O)=O)n2ccccc12)c1ccc2c(c1)CCCC2. The Hall–Kier alpha value is -2.67. The highest BCUT2D eigenvalue weighted by atomic mass is 32.2. The zero-order chi connectivity index (χ0) is 19.9. The van der Waals surface area contributed by atoms with Crippen LogP contribution in [0.15, 0.2) is 47.8 Å². The number of carbonyl (C=O) groups is 1. The number of rotatable bonds is 4. The molecule has 0 fully saturated rings. The van der Waals surface area contributed by atoms with Crippen molar-refractivity contribution in [3.63, 3.8) is 0 Å². The molecule has 0 saturated carbocycles. The molecule has 0 unspecified atom stereocenters. The van der Waals surface area contributed by atoms with Gasteiger partial charge in [0, 0.05) is 12.5 Å². The highest BCUT2D eigenvalue weighted by molar-refractivity contribution is 7.90. The van der Waals surface area contributed by atoms with E-state index in [1.165, 1.54) is 28.4 Å². The van der Waals surface area contributed by atoms with Crippen LogP contribution in [0.2, 0.25) is 0 Å². The predicted octanol–water partition coefficient (Wildman–Crippen LogP) is 3.11. The fraction of sp³-hybridized carbons (Fsp3) is 0.333. The number of hydrogen-bond donors (Lipinski definition) is 1. The summed E-state index contributed by atoms with van der Waals surface area (Å²) in [6.45, 7) is 1.93. The Balaban J connectivity index is 1.64. The molecule has 0 bridgehead atoms. The summed E-state index contributed by atoms with van der Waals surface area (Å²) in [4.78, 5) is 17.0. The first-order chi connectivity index (χ1) is 13.3. The van der Waals surface area contributed by atoms with Crippen LogP contribution in [0.1, 0.15) is 53.0 Å². The van der Waals surface area contributed by atoms with Crippen LogP contribution in [0, 0.1) is 0 Å². The van der Waals surface area contributed by atoms with Gasteiger partial charge in [-0.05, 0) is 61.4 Å². The molecule has 2 heterocycles. The second-order valence-electron chi connectivity index (χ2n) is 7.40. The lowest BCUT2D eigenvalue weighted by molar-refractivity contribution is 0.0936. The van der Waals surface area contributed by atoms with Gasteiger partial charge in [-0.15, -0.1) is 0 Å². The number of imidazole rings is 1. The number of benzene rings is 1. The maximum Gasteiger partial charge on any atom is 0.272 e. The molecule has 1 aliphatic rings. The number of carbonyl (C=O) groups excluding carboxylic acids is 1.